The van der Waals surface area contributed by atoms with Crippen molar-refractivity contribution in [1.29, 1.82) is 0 Å². The van der Waals surface area contributed by atoms with Crippen molar-refractivity contribution in [3.63, 3.8) is 0 Å². The first-order valence-electron chi connectivity index (χ1n) is 11.7. The molecule has 0 bridgehead atoms. The summed E-state index contributed by atoms with van der Waals surface area (Å²) in [6, 6.07) is 16.4. The number of amides is 1. The minimum absolute atomic E-state index is 0.0217. The molecule has 3 heterocycles. The van der Waals surface area contributed by atoms with Crippen molar-refractivity contribution in [3.05, 3.63) is 88.4 Å². The Morgan fingerprint density at radius 1 is 1.07 bits per heavy atom. The second-order valence-corrected chi connectivity index (χ2v) is 12.6. The Hall–Kier alpha value is -4.19. The van der Waals surface area contributed by atoms with Crippen molar-refractivity contribution in [3.8, 4) is 5.69 Å². The lowest BCUT2D eigenvalue weighted by atomic mass is 10.3. The fraction of sp³-hybridized carbons (Fsp3) is 0.0833. The van der Waals surface area contributed by atoms with Gasteiger partial charge in [0.15, 0.2) is 15.4 Å². The number of nitrogens with zero attached hydrogens (tertiary/aromatic N) is 5. The summed E-state index contributed by atoms with van der Waals surface area (Å²) in [4.78, 5) is 35.2. The zero-order valence-corrected chi connectivity index (χ0v) is 24.2. The Kier molecular flexibility index (Phi) is 8.67. The fourth-order valence-corrected chi connectivity index (χ4v) is 6.83. The SMILES string of the molecule is Nc1cc(=O)[nH]c(SCc2nnc(SCC(=O)Nc3ccc(S(=O)(=O)Nc4nccs4)cc3)n2-c2ccccc2)n1. The molecule has 5 N–H and O–H groups in total. The first-order chi connectivity index (χ1) is 19.8. The molecule has 210 valence electrons. The molecule has 0 fully saturated rings. The smallest absolute Gasteiger partial charge is 0.263 e. The highest BCUT2D eigenvalue weighted by molar-refractivity contribution is 7.99. The number of hydrogen-bond acceptors (Lipinski definition) is 12. The Labute approximate surface area is 246 Å². The van der Waals surface area contributed by atoms with Gasteiger partial charge in [-0.1, -0.05) is 41.7 Å². The number of anilines is 3. The number of benzene rings is 2. The van der Waals surface area contributed by atoms with Gasteiger partial charge in [0.05, 0.1) is 16.4 Å². The van der Waals surface area contributed by atoms with Crippen LogP contribution in [0.5, 0.6) is 0 Å². The molecular formula is C24H21N9O4S4. The van der Waals surface area contributed by atoms with Gasteiger partial charge in [0.1, 0.15) is 11.6 Å². The molecule has 0 aliphatic carbocycles. The number of nitrogens with two attached hydrogens (primary N) is 1. The van der Waals surface area contributed by atoms with Crippen LogP contribution in [0.3, 0.4) is 0 Å². The largest absolute Gasteiger partial charge is 0.383 e. The van der Waals surface area contributed by atoms with Crippen LogP contribution in [0.4, 0.5) is 16.6 Å². The summed E-state index contributed by atoms with van der Waals surface area (Å²) in [5.41, 5.74) is 6.56. The predicted molar refractivity (Wildman–Crippen MR) is 159 cm³/mol. The van der Waals surface area contributed by atoms with Gasteiger partial charge in [-0.2, -0.15) is 0 Å². The predicted octanol–water partition coefficient (Wildman–Crippen LogP) is 3.21. The van der Waals surface area contributed by atoms with Gasteiger partial charge < -0.3 is 16.0 Å². The summed E-state index contributed by atoms with van der Waals surface area (Å²) in [6.07, 6.45) is 1.50. The van der Waals surface area contributed by atoms with Gasteiger partial charge in [0, 0.05) is 29.0 Å². The fourth-order valence-electron chi connectivity index (χ4n) is 3.47. The van der Waals surface area contributed by atoms with E-state index in [0.29, 0.717) is 27.6 Å². The maximum Gasteiger partial charge on any atom is 0.263 e. The second kappa shape index (κ2) is 12.5. The van der Waals surface area contributed by atoms with E-state index in [2.05, 4.69) is 35.2 Å². The van der Waals surface area contributed by atoms with Crippen LogP contribution in [0.25, 0.3) is 5.69 Å². The summed E-state index contributed by atoms with van der Waals surface area (Å²) in [7, 11) is -3.80. The second-order valence-electron chi connectivity index (χ2n) is 8.14. The normalized spacial score (nSPS) is 11.3. The van der Waals surface area contributed by atoms with Crippen molar-refractivity contribution in [2.75, 3.05) is 21.5 Å². The van der Waals surface area contributed by atoms with E-state index in [0.717, 1.165) is 5.69 Å². The third kappa shape index (κ3) is 7.31. The number of carbonyl (C=O) groups excluding carboxylic acids is 1. The molecule has 41 heavy (non-hydrogen) atoms. The van der Waals surface area contributed by atoms with E-state index in [1.807, 2.05) is 34.9 Å². The molecule has 1 amide bonds. The van der Waals surface area contributed by atoms with Crippen LogP contribution < -0.4 is 21.3 Å². The summed E-state index contributed by atoms with van der Waals surface area (Å²) in [6.45, 7) is 0. The number of nitrogens with one attached hydrogen (secondary N) is 3. The molecule has 0 radical (unpaired) electrons. The van der Waals surface area contributed by atoms with E-state index in [4.69, 9.17) is 5.73 Å². The third-order valence-corrected chi connectivity index (χ3v) is 9.20. The van der Waals surface area contributed by atoms with Crippen LogP contribution in [0, 0.1) is 0 Å². The molecule has 0 saturated heterocycles. The highest BCUT2D eigenvalue weighted by atomic mass is 32.2. The number of H-pyrrole nitrogens is 1. The minimum atomic E-state index is -3.80. The standard InChI is InChI=1S/C24H21N9O4S4/c25-18-12-20(34)29-23(28-18)39-13-19-30-31-24(33(19)16-4-2-1-3-5-16)40-14-21(35)27-15-6-8-17(9-7-15)41(36,37)32-22-26-10-11-38-22/h1-12H,13-14H2,(H,26,32)(H,27,35)(H3,25,28,29,34). The van der Waals surface area contributed by atoms with E-state index in [-0.39, 0.29) is 33.1 Å². The van der Waals surface area contributed by atoms with E-state index in [9.17, 15) is 18.0 Å². The number of aromatic nitrogens is 6. The molecule has 3 aromatic heterocycles. The molecule has 0 unspecified atom stereocenters. The van der Waals surface area contributed by atoms with Crippen molar-refractivity contribution in [2.24, 2.45) is 0 Å². The molecule has 5 rings (SSSR count). The quantitative estimate of drug-likeness (QED) is 0.124. The third-order valence-electron chi connectivity index (χ3n) is 5.23. The van der Waals surface area contributed by atoms with Gasteiger partial charge in [-0.3, -0.25) is 18.9 Å². The first kappa shape index (κ1) is 28.3. The van der Waals surface area contributed by atoms with Crippen LogP contribution in [-0.2, 0) is 20.6 Å². The average Bonchev–Trinajstić information content (AvgIpc) is 3.60. The lowest BCUT2D eigenvalue weighted by Gasteiger charge is -2.10. The molecule has 0 aliphatic heterocycles. The number of para-hydroxylation sites is 1. The number of nitrogen functional groups attached to an aromatic ring is 1. The summed E-state index contributed by atoms with van der Waals surface area (Å²) >= 11 is 3.60. The molecule has 13 nitrogen and oxygen atoms in total. The number of thioether (sulfide) groups is 2. The molecule has 2 aromatic carbocycles. The van der Waals surface area contributed by atoms with Crippen LogP contribution in [-0.4, -0.2) is 49.8 Å². The molecule has 17 heteroatoms. The number of aromatic amines is 1. The molecular weight excluding hydrogens is 607 g/mol. The molecule has 0 aliphatic rings. The van der Waals surface area contributed by atoms with Crippen molar-refractivity contribution >= 4 is 67.4 Å². The van der Waals surface area contributed by atoms with E-state index in [1.54, 1.807) is 5.38 Å². The summed E-state index contributed by atoms with van der Waals surface area (Å²) in [5, 5.41) is 14.1. The minimum Gasteiger partial charge on any atom is -0.383 e. The number of rotatable bonds is 11. The van der Waals surface area contributed by atoms with E-state index in [1.165, 1.54) is 71.4 Å². The van der Waals surface area contributed by atoms with Gasteiger partial charge in [0.25, 0.3) is 15.6 Å². The lowest BCUT2D eigenvalue weighted by Crippen LogP contribution is -2.15. The summed E-state index contributed by atoms with van der Waals surface area (Å²) in [5.74, 6) is 0.734. The van der Waals surface area contributed by atoms with Gasteiger partial charge in [-0.05, 0) is 36.4 Å². The average molecular weight is 628 g/mol. The van der Waals surface area contributed by atoms with Gasteiger partial charge in [0.2, 0.25) is 5.91 Å². The van der Waals surface area contributed by atoms with Gasteiger partial charge in [-0.15, -0.1) is 21.5 Å². The van der Waals surface area contributed by atoms with Gasteiger partial charge in [-0.25, -0.2) is 18.4 Å². The summed E-state index contributed by atoms with van der Waals surface area (Å²) < 4.78 is 29.3. The Bertz CT molecular complexity index is 1810. The lowest BCUT2D eigenvalue weighted by molar-refractivity contribution is -0.113. The van der Waals surface area contributed by atoms with Crippen molar-refractivity contribution in [1.82, 2.24) is 29.7 Å². The zero-order valence-electron chi connectivity index (χ0n) is 20.9. The number of thiazole rings is 1. The highest BCUT2D eigenvalue weighted by Gasteiger charge is 2.18. The van der Waals surface area contributed by atoms with Crippen LogP contribution in [0.2, 0.25) is 0 Å². The Morgan fingerprint density at radius 2 is 1.85 bits per heavy atom. The van der Waals surface area contributed by atoms with Crippen LogP contribution in [0.15, 0.2) is 92.2 Å². The van der Waals surface area contributed by atoms with E-state index < -0.39 is 10.0 Å². The first-order valence-corrected chi connectivity index (χ1v) is 16.0. The maximum absolute atomic E-state index is 12.7. The van der Waals surface area contributed by atoms with Crippen LogP contribution in [0.1, 0.15) is 5.82 Å². The maximum atomic E-state index is 12.7. The zero-order chi connectivity index (χ0) is 28.8. The Morgan fingerprint density at radius 3 is 2.56 bits per heavy atom. The van der Waals surface area contributed by atoms with Crippen LogP contribution >= 0.6 is 34.9 Å². The number of hydrogen-bond donors (Lipinski definition) is 4. The topological polar surface area (TPSA) is 191 Å². The highest BCUT2D eigenvalue weighted by Crippen LogP contribution is 2.26. The molecule has 0 atom stereocenters. The van der Waals surface area contributed by atoms with Crippen molar-refractivity contribution < 1.29 is 13.2 Å². The monoisotopic (exact) mass is 627 g/mol. The number of sulfonamides is 1. The molecule has 5 aromatic rings. The number of carbonyl (C=O) groups is 1. The van der Waals surface area contributed by atoms with Crippen molar-refractivity contribution in [2.45, 2.75) is 21.0 Å². The molecule has 0 spiro atoms. The van der Waals surface area contributed by atoms with Gasteiger partial charge >= 0.3 is 0 Å². The Balaban J connectivity index is 1.25. The molecule has 0 saturated carbocycles. The van der Waals surface area contributed by atoms with E-state index >= 15 is 0 Å².